The predicted octanol–water partition coefficient (Wildman–Crippen LogP) is 4.94. The maximum absolute atomic E-state index is 14.6. The first-order valence-corrected chi connectivity index (χ1v) is 11.0. The normalized spacial score (nSPS) is 11.9. The molecular formula is C19H20F2O3P2. The van der Waals surface area contributed by atoms with Gasteiger partial charge in [0.2, 0.25) is 0 Å². The third kappa shape index (κ3) is 5.00. The van der Waals surface area contributed by atoms with Crippen LogP contribution >= 0.6 is 15.5 Å². The van der Waals surface area contributed by atoms with Gasteiger partial charge in [-0.25, -0.2) is 0 Å². The Morgan fingerprint density at radius 2 is 1.35 bits per heavy atom. The Balaban J connectivity index is 2.45. The molecule has 0 spiro atoms. The number of rotatable bonds is 7. The molecule has 2 aromatic carbocycles. The van der Waals surface area contributed by atoms with E-state index in [-0.39, 0.29) is 13.2 Å². The molecular weight excluding hydrogens is 376 g/mol. The molecule has 2 aromatic rings. The number of hydrogen-bond donors (Lipinski definition) is 0. The minimum atomic E-state index is -4.66. The molecule has 0 saturated carbocycles. The van der Waals surface area contributed by atoms with Crippen LogP contribution in [0, 0.1) is 11.6 Å². The second-order valence-electron chi connectivity index (χ2n) is 5.12. The molecule has 0 aliphatic carbocycles. The zero-order valence-corrected chi connectivity index (χ0v) is 16.4. The highest BCUT2D eigenvalue weighted by molar-refractivity contribution is 7.77. The van der Waals surface area contributed by atoms with Gasteiger partial charge in [-0.15, -0.1) is 0 Å². The largest absolute Gasteiger partial charge is 0.412 e. The van der Waals surface area contributed by atoms with Gasteiger partial charge in [-0.3, -0.25) is 4.57 Å². The Hall–Kier alpha value is -1.56. The summed E-state index contributed by atoms with van der Waals surface area (Å²) in [6, 6.07) is 18.4. The molecule has 0 aliphatic heterocycles. The predicted molar refractivity (Wildman–Crippen MR) is 103 cm³/mol. The molecule has 0 amide bonds. The van der Waals surface area contributed by atoms with Crippen LogP contribution in [0.3, 0.4) is 0 Å². The van der Waals surface area contributed by atoms with Gasteiger partial charge in [0, 0.05) is 7.92 Å². The minimum absolute atomic E-state index is 0.152. The molecule has 0 bridgehead atoms. The van der Waals surface area contributed by atoms with Crippen LogP contribution in [0.25, 0.3) is 0 Å². The van der Waals surface area contributed by atoms with E-state index in [0.717, 1.165) is 10.6 Å². The van der Waals surface area contributed by atoms with E-state index in [1.54, 1.807) is 0 Å². The van der Waals surface area contributed by atoms with E-state index in [0.29, 0.717) is 0 Å². The molecule has 3 nitrogen and oxygen atoms in total. The molecule has 0 aliphatic rings. The SMILES string of the molecule is CCOP(=O)(OCC)C(F)(F)C#CP(c1ccccc1)c1ccccc1. The average Bonchev–Trinajstić information content (AvgIpc) is 2.64. The fraction of sp³-hybridized carbons (Fsp3) is 0.263. The molecule has 0 saturated heterocycles. The lowest BCUT2D eigenvalue weighted by Crippen LogP contribution is -2.19. The van der Waals surface area contributed by atoms with Crippen LogP contribution in [-0.4, -0.2) is 18.9 Å². The van der Waals surface area contributed by atoms with Crippen LogP contribution in [0.5, 0.6) is 0 Å². The van der Waals surface area contributed by atoms with Gasteiger partial charge < -0.3 is 9.05 Å². The Bertz CT molecular complexity index is 752. The summed E-state index contributed by atoms with van der Waals surface area (Å²) >= 11 is 0. The van der Waals surface area contributed by atoms with E-state index in [4.69, 9.17) is 9.05 Å². The van der Waals surface area contributed by atoms with Crippen molar-refractivity contribution in [2.45, 2.75) is 19.5 Å². The zero-order valence-electron chi connectivity index (χ0n) is 14.6. The van der Waals surface area contributed by atoms with Gasteiger partial charge in [0.15, 0.2) is 0 Å². The van der Waals surface area contributed by atoms with Gasteiger partial charge in [-0.05, 0) is 30.4 Å². The molecule has 138 valence electrons. The third-order valence-corrected chi connectivity index (χ3v) is 7.25. The van der Waals surface area contributed by atoms with E-state index in [2.05, 4.69) is 5.66 Å². The van der Waals surface area contributed by atoms with E-state index < -0.39 is 21.2 Å². The molecule has 7 heteroatoms. The molecule has 0 unspecified atom stereocenters. The van der Waals surface area contributed by atoms with E-state index in [1.165, 1.54) is 13.8 Å². The van der Waals surface area contributed by atoms with Gasteiger partial charge in [-0.2, -0.15) is 8.78 Å². The second-order valence-corrected chi connectivity index (χ2v) is 9.12. The second kappa shape index (κ2) is 9.40. The quantitative estimate of drug-likeness (QED) is 0.491. The maximum atomic E-state index is 14.6. The average molecular weight is 396 g/mol. The summed E-state index contributed by atoms with van der Waals surface area (Å²) in [7, 11) is -6.01. The van der Waals surface area contributed by atoms with Gasteiger partial charge >= 0.3 is 13.3 Å². The Morgan fingerprint density at radius 3 is 1.73 bits per heavy atom. The fourth-order valence-corrected chi connectivity index (χ4v) is 5.27. The van der Waals surface area contributed by atoms with Crippen molar-refractivity contribution in [3.05, 3.63) is 60.7 Å². The van der Waals surface area contributed by atoms with Gasteiger partial charge in [0.05, 0.1) is 13.2 Å². The monoisotopic (exact) mass is 396 g/mol. The molecule has 0 fully saturated rings. The first-order chi connectivity index (χ1) is 12.4. The van der Waals surface area contributed by atoms with Crippen LogP contribution in [0.2, 0.25) is 0 Å². The lowest BCUT2D eigenvalue weighted by molar-refractivity contribution is 0.0871. The highest BCUT2D eigenvalue weighted by atomic mass is 31.2. The van der Waals surface area contributed by atoms with Crippen LogP contribution < -0.4 is 10.6 Å². The number of halogens is 2. The number of alkyl halides is 2. The van der Waals surface area contributed by atoms with Crippen LogP contribution in [0.15, 0.2) is 60.7 Å². The lowest BCUT2D eigenvalue weighted by atomic mass is 10.4. The van der Waals surface area contributed by atoms with Crippen molar-refractivity contribution in [2.24, 2.45) is 0 Å². The topological polar surface area (TPSA) is 35.5 Å². The molecule has 26 heavy (non-hydrogen) atoms. The van der Waals surface area contributed by atoms with E-state index in [9.17, 15) is 13.3 Å². The maximum Gasteiger partial charge on any atom is 0.412 e. The van der Waals surface area contributed by atoms with Gasteiger partial charge in [0.25, 0.3) is 0 Å². The Kier molecular flexibility index (Phi) is 7.50. The summed E-state index contributed by atoms with van der Waals surface area (Å²) in [5.74, 6) is 1.90. The standard InChI is InChI=1S/C19H20F2O3P2/c1-3-23-26(22,24-4-2)19(20,21)15-16-25(17-11-7-5-8-12-17)18-13-9-6-10-14-18/h5-14H,3-4H2,1-2H3. The molecule has 0 atom stereocenters. The van der Waals surface area contributed by atoms with Crippen molar-refractivity contribution in [1.29, 1.82) is 0 Å². The minimum Gasteiger partial charge on any atom is -0.304 e. The lowest BCUT2D eigenvalue weighted by Gasteiger charge is -2.21. The van der Waals surface area contributed by atoms with Crippen molar-refractivity contribution < 1.29 is 22.4 Å². The summed E-state index contributed by atoms with van der Waals surface area (Å²) in [6.45, 7) is 2.66. The molecule has 0 radical (unpaired) electrons. The summed E-state index contributed by atoms with van der Waals surface area (Å²) < 4.78 is 51.1. The smallest absolute Gasteiger partial charge is 0.304 e. The Labute approximate surface area is 154 Å². The van der Waals surface area contributed by atoms with Crippen LogP contribution in [0.1, 0.15) is 13.8 Å². The summed E-state index contributed by atoms with van der Waals surface area (Å²) in [5.41, 5.74) is -1.24. The fourth-order valence-electron chi connectivity index (χ4n) is 2.16. The molecule has 2 rings (SSSR count). The van der Waals surface area contributed by atoms with Crippen molar-refractivity contribution in [3.8, 4) is 11.6 Å². The Morgan fingerprint density at radius 1 is 0.923 bits per heavy atom. The van der Waals surface area contributed by atoms with Crippen LogP contribution in [0.4, 0.5) is 8.78 Å². The number of hydrogen-bond acceptors (Lipinski definition) is 3. The highest BCUT2D eigenvalue weighted by Gasteiger charge is 2.52. The summed E-state index contributed by atoms with van der Waals surface area (Å²) in [5, 5.41) is 1.67. The van der Waals surface area contributed by atoms with Crippen molar-refractivity contribution in [2.75, 3.05) is 13.2 Å². The van der Waals surface area contributed by atoms with Crippen molar-refractivity contribution in [1.82, 2.24) is 0 Å². The summed E-state index contributed by atoms with van der Waals surface area (Å²) in [6.07, 6.45) is 0. The van der Waals surface area contributed by atoms with Gasteiger partial charge in [-0.1, -0.05) is 66.3 Å². The molecule has 0 heterocycles. The molecule has 0 aromatic heterocycles. The van der Waals surface area contributed by atoms with Crippen molar-refractivity contribution >= 4 is 26.1 Å². The third-order valence-electron chi connectivity index (χ3n) is 3.29. The van der Waals surface area contributed by atoms with Gasteiger partial charge in [0.1, 0.15) is 0 Å². The molecule has 0 N–H and O–H groups in total. The van der Waals surface area contributed by atoms with Crippen LogP contribution in [-0.2, 0) is 13.6 Å². The first-order valence-electron chi connectivity index (χ1n) is 8.13. The van der Waals surface area contributed by atoms with E-state index in [1.807, 2.05) is 66.6 Å². The van der Waals surface area contributed by atoms with E-state index >= 15 is 0 Å². The summed E-state index contributed by atoms with van der Waals surface area (Å²) in [4.78, 5) is 0. The first kappa shape index (κ1) is 20.7. The van der Waals surface area contributed by atoms with Crippen molar-refractivity contribution in [3.63, 3.8) is 0 Å². The number of benzene rings is 2. The highest BCUT2D eigenvalue weighted by Crippen LogP contribution is 2.61. The zero-order chi connectivity index (χ0) is 19.0.